The Labute approximate surface area is 99.6 Å². The number of esters is 2. The molecule has 1 rings (SSSR count). The monoisotopic (exact) mass is 243 g/mol. The van der Waals surface area contributed by atoms with Crippen molar-refractivity contribution in [2.45, 2.75) is 26.7 Å². The van der Waals surface area contributed by atoms with Crippen LogP contribution in [-0.4, -0.2) is 37.6 Å². The number of amides is 1. The molecule has 96 valence electrons. The van der Waals surface area contributed by atoms with Gasteiger partial charge in [-0.1, -0.05) is 0 Å². The molecule has 1 amide bonds. The first kappa shape index (κ1) is 13.5. The third kappa shape index (κ3) is 3.18. The smallest absolute Gasteiger partial charge is 0.314 e. The Hall–Kier alpha value is -1.59. The van der Waals surface area contributed by atoms with E-state index in [4.69, 9.17) is 9.47 Å². The molecule has 1 N–H and O–H groups in total. The van der Waals surface area contributed by atoms with E-state index >= 15 is 0 Å². The summed E-state index contributed by atoms with van der Waals surface area (Å²) >= 11 is 0. The van der Waals surface area contributed by atoms with Crippen LogP contribution in [0.25, 0.3) is 0 Å². The van der Waals surface area contributed by atoms with Gasteiger partial charge in [0.15, 0.2) is 0 Å². The third-order valence-corrected chi connectivity index (χ3v) is 2.62. The lowest BCUT2D eigenvalue weighted by molar-refractivity contribution is -0.161. The van der Waals surface area contributed by atoms with Crippen LogP contribution < -0.4 is 5.32 Å². The van der Waals surface area contributed by atoms with E-state index in [0.717, 1.165) is 0 Å². The Morgan fingerprint density at radius 2 is 1.94 bits per heavy atom. The first-order valence-electron chi connectivity index (χ1n) is 5.63. The zero-order valence-corrected chi connectivity index (χ0v) is 10.1. The van der Waals surface area contributed by atoms with Gasteiger partial charge in [-0.3, -0.25) is 14.4 Å². The third-order valence-electron chi connectivity index (χ3n) is 2.62. The Balaban J connectivity index is 2.76. The van der Waals surface area contributed by atoms with E-state index in [1.54, 1.807) is 13.8 Å². The van der Waals surface area contributed by atoms with Gasteiger partial charge in [0.2, 0.25) is 5.91 Å². The summed E-state index contributed by atoms with van der Waals surface area (Å²) in [6.45, 7) is 3.97. The first-order valence-corrected chi connectivity index (χ1v) is 5.63. The molecule has 6 heteroatoms. The van der Waals surface area contributed by atoms with Gasteiger partial charge in [-0.2, -0.15) is 0 Å². The van der Waals surface area contributed by atoms with E-state index < -0.39 is 17.4 Å². The fraction of sp³-hybridized carbons (Fsp3) is 0.727. The molecule has 0 radical (unpaired) electrons. The molecule has 17 heavy (non-hydrogen) atoms. The lowest BCUT2D eigenvalue weighted by Crippen LogP contribution is -2.37. The normalized spacial score (nSPS) is 23.1. The molecule has 0 aromatic heterocycles. The van der Waals surface area contributed by atoms with Crippen molar-refractivity contribution < 1.29 is 23.9 Å². The summed E-state index contributed by atoms with van der Waals surface area (Å²) < 4.78 is 9.72. The molecule has 0 aromatic rings. The lowest BCUT2D eigenvalue weighted by Gasteiger charge is -2.23. The van der Waals surface area contributed by atoms with Crippen molar-refractivity contribution in [1.82, 2.24) is 5.32 Å². The van der Waals surface area contributed by atoms with Gasteiger partial charge in [0.25, 0.3) is 0 Å². The number of nitrogens with one attached hydrogen (secondary N) is 1. The number of ether oxygens (including phenoxy) is 2. The Morgan fingerprint density at radius 3 is 2.41 bits per heavy atom. The fourth-order valence-corrected chi connectivity index (χ4v) is 1.81. The second-order valence-corrected chi connectivity index (χ2v) is 3.94. The van der Waals surface area contributed by atoms with Crippen LogP contribution >= 0.6 is 0 Å². The molecule has 1 aliphatic heterocycles. The molecular formula is C11H17NO5. The van der Waals surface area contributed by atoms with Crippen LogP contribution in [0.5, 0.6) is 0 Å². The molecule has 0 aromatic carbocycles. The number of carbonyl (C=O) groups excluding carboxylic acids is 3. The van der Waals surface area contributed by atoms with Crippen LogP contribution in [0.1, 0.15) is 26.7 Å². The molecule has 0 unspecified atom stereocenters. The zero-order chi connectivity index (χ0) is 12.9. The van der Waals surface area contributed by atoms with E-state index in [-0.39, 0.29) is 38.5 Å². The summed E-state index contributed by atoms with van der Waals surface area (Å²) in [7, 11) is 0. The van der Waals surface area contributed by atoms with Gasteiger partial charge in [-0.05, 0) is 13.8 Å². The van der Waals surface area contributed by atoms with Crippen LogP contribution in [0.2, 0.25) is 0 Å². The van der Waals surface area contributed by atoms with Crippen LogP contribution in [0.3, 0.4) is 0 Å². The van der Waals surface area contributed by atoms with Crippen molar-refractivity contribution >= 4 is 17.8 Å². The Morgan fingerprint density at radius 1 is 1.29 bits per heavy atom. The summed E-state index contributed by atoms with van der Waals surface area (Å²) in [5, 5.41) is 2.55. The average Bonchev–Trinajstić information content (AvgIpc) is 2.62. The van der Waals surface area contributed by atoms with Gasteiger partial charge < -0.3 is 14.8 Å². The Kier molecular flexibility index (Phi) is 4.48. The quantitative estimate of drug-likeness (QED) is 0.688. The first-order chi connectivity index (χ1) is 8.04. The summed E-state index contributed by atoms with van der Waals surface area (Å²) in [5.41, 5.74) is -1.10. The van der Waals surface area contributed by atoms with Crippen molar-refractivity contribution in [3.63, 3.8) is 0 Å². The van der Waals surface area contributed by atoms with Gasteiger partial charge in [0.05, 0.1) is 19.6 Å². The molecule has 6 nitrogen and oxygen atoms in total. The van der Waals surface area contributed by atoms with Gasteiger partial charge in [0, 0.05) is 13.0 Å². The number of rotatable bonds is 5. The molecule has 1 saturated heterocycles. The lowest BCUT2D eigenvalue weighted by atomic mass is 9.83. The second-order valence-electron chi connectivity index (χ2n) is 3.94. The predicted octanol–water partition coefficient (Wildman–Crippen LogP) is 0.00900. The van der Waals surface area contributed by atoms with Crippen LogP contribution in [0, 0.1) is 5.41 Å². The van der Waals surface area contributed by atoms with Crippen molar-refractivity contribution in [1.29, 1.82) is 0 Å². The molecule has 1 atom stereocenters. The standard InChI is InChI=1S/C11H17NO5/c1-3-16-9(14)6-11(10(15)17-4-2)5-8(13)12-7-11/h3-7H2,1-2H3,(H,12,13)/t11-/m1/s1. The average molecular weight is 243 g/mol. The highest BCUT2D eigenvalue weighted by Crippen LogP contribution is 2.32. The molecule has 1 heterocycles. The molecule has 1 aliphatic rings. The predicted molar refractivity (Wildman–Crippen MR) is 57.9 cm³/mol. The van der Waals surface area contributed by atoms with Crippen LogP contribution in [0.15, 0.2) is 0 Å². The molecule has 0 aliphatic carbocycles. The topological polar surface area (TPSA) is 81.7 Å². The van der Waals surface area contributed by atoms with Crippen LogP contribution in [-0.2, 0) is 23.9 Å². The number of hydrogen-bond acceptors (Lipinski definition) is 5. The highest BCUT2D eigenvalue weighted by atomic mass is 16.5. The molecule has 0 bridgehead atoms. The highest BCUT2D eigenvalue weighted by Gasteiger charge is 2.48. The fourth-order valence-electron chi connectivity index (χ4n) is 1.81. The van der Waals surface area contributed by atoms with E-state index in [1.165, 1.54) is 0 Å². The molecular weight excluding hydrogens is 226 g/mol. The van der Waals surface area contributed by atoms with Crippen molar-refractivity contribution in [3.8, 4) is 0 Å². The van der Waals surface area contributed by atoms with Crippen LogP contribution in [0.4, 0.5) is 0 Å². The number of carbonyl (C=O) groups is 3. The van der Waals surface area contributed by atoms with Crippen molar-refractivity contribution in [3.05, 3.63) is 0 Å². The summed E-state index contributed by atoms with van der Waals surface area (Å²) in [4.78, 5) is 34.5. The second kappa shape index (κ2) is 5.65. The van der Waals surface area contributed by atoms with Gasteiger partial charge >= 0.3 is 11.9 Å². The SMILES string of the molecule is CCOC(=O)C[C@@]1(C(=O)OCC)CNC(=O)C1. The minimum absolute atomic E-state index is 0.0232. The van der Waals surface area contributed by atoms with Crippen molar-refractivity contribution in [2.75, 3.05) is 19.8 Å². The minimum atomic E-state index is -1.10. The van der Waals surface area contributed by atoms with E-state index in [2.05, 4.69) is 5.32 Å². The maximum Gasteiger partial charge on any atom is 0.314 e. The molecule has 0 spiro atoms. The van der Waals surface area contributed by atoms with E-state index in [9.17, 15) is 14.4 Å². The Bertz CT molecular complexity index is 328. The summed E-state index contributed by atoms with van der Waals surface area (Å²) in [6.07, 6.45) is -0.150. The van der Waals surface area contributed by atoms with Gasteiger partial charge in [0.1, 0.15) is 5.41 Å². The van der Waals surface area contributed by atoms with E-state index in [1.807, 2.05) is 0 Å². The minimum Gasteiger partial charge on any atom is -0.466 e. The largest absolute Gasteiger partial charge is 0.466 e. The molecule has 0 saturated carbocycles. The number of hydrogen-bond donors (Lipinski definition) is 1. The summed E-state index contributed by atoms with van der Waals surface area (Å²) in [6, 6.07) is 0. The van der Waals surface area contributed by atoms with Crippen molar-refractivity contribution in [2.24, 2.45) is 5.41 Å². The highest BCUT2D eigenvalue weighted by molar-refractivity contribution is 5.92. The van der Waals surface area contributed by atoms with Gasteiger partial charge in [-0.15, -0.1) is 0 Å². The zero-order valence-electron chi connectivity index (χ0n) is 10.1. The maximum atomic E-state index is 11.8. The summed E-state index contributed by atoms with van der Waals surface area (Å²) in [5.74, 6) is -1.26. The van der Waals surface area contributed by atoms with Gasteiger partial charge in [-0.25, -0.2) is 0 Å². The molecule has 1 fully saturated rings. The van der Waals surface area contributed by atoms with E-state index in [0.29, 0.717) is 0 Å². The maximum absolute atomic E-state index is 11.8.